The largest absolute Gasteiger partial charge is 0.412 e. The maximum absolute atomic E-state index is 12.8. The van der Waals surface area contributed by atoms with E-state index in [4.69, 9.17) is 0 Å². The summed E-state index contributed by atoms with van der Waals surface area (Å²) in [6.07, 6.45) is -3.92. The van der Waals surface area contributed by atoms with Crippen LogP contribution in [0.4, 0.5) is 19.1 Å². The van der Waals surface area contributed by atoms with E-state index >= 15 is 0 Å². The summed E-state index contributed by atoms with van der Waals surface area (Å²) >= 11 is 0. The summed E-state index contributed by atoms with van der Waals surface area (Å²) in [5.41, 5.74) is -2.09. The Kier molecular flexibility index (Phi) is 2.44. The molecular formula is C10H12F3N3O. The SMILES string of the molecule is CCc1cc(=O)n2c(n1)N[C@](C)(C(F)(F)F)C2. The molecule has 0 aromatic carbocycles. The summed E-state index contributed by atoms with van der Waals surface area (Å²) in [7, 11) is 0. The molecular weight excluding hydrogens is 235 g/mol. The highest BCUT2D eigenvalue weighted by Gasteiger charge is 2.55. The highest BCUT2D eigenvalue weighted by Crippen LogP contribution is 2.37. The molecule has 0 bridgehead atoms. The minimum atomic E-state index is -4.43. The van der Waals surface area contributed by atoms with Gasteiger partial charge in [0.15, 0.2) is 5.54 Å². The van der Waals surface area contributed by atoms with Crippen LogP contribution >= 0.6 is 0 Å². The molecule has 17 heavy (non-hydrogen) atoms. The average Bonchev–Trinajstić information content (AvgIpc) is 2.55. The second kappa shape index (κ2) is 3.48. The predicted octanol–water partition coefficient (Wildman–Crippen LogP) is 1.55. The van der Waals surface area contributed by atoms with Gasteiger partial charge < -0.3 is 5.32 Å². The van der Waals surface area contributed by atoms with Crippen molar-refractivity contribution >= 4 is 5.95 Å². The zero-order valence-electron chi connectivity index (χ0n) is 9.43. The zero-order chi connectivity index (χ0) is 12.8. The number of rotatable bonds is 1. The number of fused-ring (bicyclic) bond motifs is 1. The molecule has 4 nitrogen and oxygen atoms in total. The lowest BCUT2D eigenvalue weighted by molar-refractivity contribution is -0.174. The van der Waals surface area contributed by atoms with E-state index in [9.17, 15) is 18.0 Å². The molecule has 94 valence electrons. The second-order valence-electron chi connectivity index (χ2n) is 4.30. The summed E-state index contributed by atoms with van der Waals surface area (Å²) in [6, 6.07) is 1.27. The van der Waals surface area contributed by atoms with Gasteiger partial charge in [-0.3, -0.25) is 9.36 Å². The number of aryl methyl sites for hydroxylation is 1. The smallest absolute Gasteiger partial charge is 0.340 e. The molecule has 1 aromatic rings. The van der Waals surface area contributed by atoms with Crippen LogP contribution in [-0.4, -0.2) is 21.3 Å². The number of hydrogen-bond donors (Lipinski definition) is 1. The summed E-state index contributed by atoms with van der Waals surface area (Å²) in [5.74, 6) is -0.00539. The number of hydrogen-bond acceptors (Lipinski definition) is 3. The molecule has 1 atom stereocenters. The van der Waals surface area contributed by atoms with Crippen molar-refractivity contribution in [2.75, 3.05) is 5.32 Å². The third kappa shape index (κ3) is 1.79. The molecule has 0 radical (unpaired) electrons. The van der Waals surface area contributed by atoms with E-state index < -0.39 is 23.8 Å². The van der Waals surface area contributed by atoms with Crippen LogP contribution in [0.3, 0.4) is 0 Å². The van der Waals surface area contributed by atoms with E-state index in [-0.39, 0.29) is 5.95 Å². The van der Waals surface area contributed by atoms with E-state index in [1.54, 1.807) is 6.92 Å². The van der Waals surface area contributed by atoms with Gasteiger partial charge in [0.1, 0.15) is 0 Å². The average molecular weight is 247 g/mol. The maximum Gasteiger partial charge on any atom is 0.412 e. The van der Waals surface area contributed by atoms with Gasteiger partial charge in [-0.05, 0) is 13.3 Å². The first-order chi connectivity index (χ1) is 7.77. The van der Waals surface area contributed by atoms with Crippen molar-refractivity contribution in [2.24, 2.45) is 0 Å². The molecule has 0 saturated carbocycles. The zero-order valence-corrected chi connectivity index (χ0v) is 9.43. The number of alkyl halides is 3. The van der Waals surface area contributed by atoms with Gasteiger partial charge in [0, 0.05) is 11.8 Å². The van der Waals surface area contributed by atoms with Crippen molar-refractivity contribution < 1.29 is 13.2 Å². The van der Waals surface area contributed by atoms with Gasteiger partial charge in [0.2, 0.25) is 5.95 Å². The van der Waals surface area contributed by atoms with Crippen LogP contribution in [0.25, 0.3) is 0 Å². The van der Waals surface area contributed by atoms with Gasteiger partial charge in [0.05, 0.1) is 6.54 Å². The Morgan fingerprint density at radius 3 is 2.76 bits per heavy atom. The number of nitrogens with zero attached hydrogens (tertiary/aromatic N) is 2. The summed E-state index contributed by atoms with van der Waals surface area (Å²) in [4.78, 5) is 15.6. The van der Waals surface area contributed by atoms with Gasteiger partial charge in [-0.25, -0.2) is 4.98 Å². The van der Waals surface area contributed by atoms with Crippen LogP contribution in [-0.2, 0) is 13.0 Å². The minimum Gasteiger partial charge on any atom is -0.340 e. The Bertz CT molecular complexity index is 508. The molecule has 0 aliphatic carbocycles. The number of halogens is 3. The predicted molar refractivity (Wildman–Crippen MR) is 56.0 cm³/mol. The van der Waals surface area contributed by atoms with Gasteiger partial charge in [-0.2, -0.15) is 13.2 Å². The lowest BCUT2D eigenvalue weighted by Gasteiger charge is -2.26. The number of anilines is 1. The first kappa shape index (κ1) is 11.9. The molecule has 7 heteroatoms. The van der Waals surface area contributed by atoms with Crippen molar-refractivity contribution in [3.8, 4) is 0 Å². The van der Waals surface area contributed by atoms with E-state index in [0.717, 1.165) is 11.5 Å². The Hall–Kier alpha value is -1.53. The minimum absolute atomic E-state index is 0.00539. The van der Waals surface area contributed by atoms with Crippen LogP contribution < -0.4 is 10.9 Å². The van der Waals surface area contributed by atoms with E-state index in [2.05, 4.69) is 10.3 Å². The lowest BCUT2D eigenvalue weighted by Crippen LogP contribution is -2.48. The first-order valence-electron chi connectivity index (χ1n) is 5.22. The van der Waals surface area contributed by atoms with Gasteiger partial charge >= 0.3 is 6.18 Å². The third-order valence-electron chi connectivity index (χ3n) is 2.91. The Labute approximate surface area is 95.5 Å². The topological polar surface area (TPSA) is 46.9 Å². The fraction of sp³-hybridized carbons (Fsp3) is 0.600. The van der Waals surface area contributed by atoms with Crippen molar-refractivity contribution in [3.63, 3.8) is 0 Å². The first-order valence-corrected chi connectivity index (χ1v) is 5.22. The van der Waals surface area contributed by atoms with Crippen molar-refractivity contribution in [1.29, 1.82) is 0 Å². The summed E-state index contributed by atoms with van der Waals surface area (Å²) in [6.45, 7) is 2.37. The van der Waals surface area contributed by atoms with Crippen molar-refractivity contribution in [3.05, 3.63) is 22.1 Å². The molecule has 1 aromatic heterocycles. The molecule has 0 amide bonds. The monoisotopic (exact) mass is 247 g/mol. The van der Waals surface area contributed by atoms with Crippen molar-refractivity contribution in [1.82, 2.24) is 9.55 Å². The molecule has 0 saturated heterocycles. The van der Waals surface area contributed by atoms with Gasteiger partial charge in [-0.15, -0.1) is 0 Å². The maximum atomic E-state index is 12.8. The second-order valence-corrected chi connectivity index (χ2v) is 4.30. The molecule has 0 unspecified atom stereocenters. The highest BCUT2D eigenvalue weighted by molar-refractivity contribution is 5.38. The van der Waals surface area contributed by atoms with Crippen LogP contribution in [0.2, 0.25) is 0 Å². The molecule has 1 aliphatic rings. The van der Waals surface area contributed by atoms with Gasteiger partial charge in [0.25, 0.3) is 5.56 Å². The van der Waals surface area contributed by atoms with E-state index in [1.165, 1.54) is 6.07 Å². The molecule has 0 fully saturated rings. The normalized spacial score (nSPS) is 23.4. The molecule has 1 N–H and O–H groups in total. The Balaban J connectivity index is 2.47. The Morgan fingerprint density at radius 2 is 2.24 bits per heavy atom. The lowest BCUT2D eigenvalue weighted by atomic mass is 10.0. The van der Waals surface area contributed by atoms with Crippen LogP contribution in [0.1, 0.15) is 19.5 Å². The van der Waals surface area contributed by atoms with E-state index in [0.29, 0.717) is 12.1 Å². The fourth-order valence-corrected chi connectivity index (χ4v) is 1.75. The van der Waals surface area contributed by atoms with Crippen LogP contribution in [0, 0.1) is 0 Å². The standard InChI is InChI=1S/C10H12F3N3O/c1-3-6-4-7(17)16-5-9(2,10(11,12)13)15-8(16)14-6/h4H,3,5H2,1-2H3,(H,14,15)/t9-/m0/s1. The molecule has 2 rings (SSSR count). The third-order valence-corrected chi connectivity index (χ3v) is 2.91. The molecule has 1 aliphatic heterocycles. The van der Waals surface area contributed by atoms with Crippen LogP contribution in [0.5, 0.6) is 0 Å². The molecule has 2 heterocycles. The summed E-state index contributed by atoms with van der Waals surface area (Å²) in [5, 5.41) is 2.29. The quantitative estimate of drug-likeness (QED) is 0.819. The van der Waals surface area contributed by atoms with Gasteiger partial charge in [-0.1, -0.05) is 6.92 Å². The highest BCUT2D eigenvalue weighted by atomic mass is 19.4. The van der Waals surface area contributed by atoms with E-state index in [1.807, 2.05) is 0 Å². The fourth-order valence-electron chi connectivity index (χ4n) is 1.75. The van der Waals surface area contributed by atoms with Crippen molar-refractivity contribution in [2.45, 2.75) is 38.5 Å². The Morgan fingerprint density at radius 1 is 1.59 bits per heavy atom. The summed E-state index contributed by atoms with van der Waals surface area (Å²) < 4.78 is 39.5. The number of aromatic nitrogens is 2. The van der Waals surface area contributed by atoms with Crippen LogP contribution in [0.15, 0.2) is 10.9 Å². The number of nitrogens with one attached hydrogen (secondary N) is 1. The molecule has 0 spiro atoms.